The molecule has 0 atom stereocenters. The quantitative estimate of drug-likeness (QED) is 0.304. The molecule has 0 radical (unpaired) electrons. The van der Waals surface area contributed by atoms with Gasteiger partial charge in [0.15, 0.2) is 5.96 Å². The van der Waals surface area contributed by atoms with E-state index in [2.05, 4.69) is 41.5 Å². The van der Waals surface area contributed by atoms with Gasteiger partial charge in [0.05, 0.1) is 22.2 Å². The maximum Gasteiger partial charge on any atom is 0.394 e. The van der Waals surface area contributed by atoms with Gasteiger partial charge in [-0.3, -0.25) is 24.1 Å². The number of halogens is 1. The van der Waals surface area contributed by atoms with Crippen LogP contribution >= 0.6 is 15.9 Å². The fourth-order valence-electron chi connectivity index (χ4n) is 1.71. The summed E-state index contributed by atoms with van der Waals surface area (Å²) in [5.41, 5.74) is 2.65. The standard InChI is InChI=1S/C11H10BrN5.H2O4S.5H2O/c12-9-7(17-11-15-5-6-16-11)1-2-8-10(9)14-4-3-13-8;1-5(2,3)4;;;;;/h1-4H,5-6H2,(H2,15,16,17);(H2,1,2,3,4);5*1H2. The predicted molar refractivity (Wildman–Crippen MR) is 103 cm³/mol. The molecule has 1 aliphatic rings. The highest BCUT2D eigenvalue weighted by atomic mass is 79.9. The summed E-state index contributed by atoms with van der Waals surface area (Å²) < 4.78 is 32.5. The van der Waals surface area contributed by atoms with E-state index < -0.39 is 10.4 Å². The topological polar surface area (TPSA) is 294 Å². The van der Waals surface area contributed by atoms with Crippen molar-refractivity contribution in [2.24, 2.45) is 4.99 Å². The Morgan fingerprint density at radius 1 is 1.04 bits per heavy atom. The first-order chi connectivity index (χ1) is 10.3. The van der Waals surface area contributed by atoms with Crippen LogP contribution < -0.4 is 10.6 Å². The summed E-state index contributed by atoms with van der Waals surface area (Å²) >= 11 is 3.54. The fraction of sp³-hybridized carbons (Fsp3) is 0.182. The predicted octanol–water partition coefficient (Wildman–Crippen LogP) is -3.01. The minimum Gasteiger partial charge on any atom is -0.412 e. The molecule has 1 aromatic heterocycles. The molecule has 0 unspecified atom stereocenters. The smallest absolute Gasteiger partial charge is 0.394 e. The van der Waals surface area contributed by atoms with Gasteiger partial charge in [-0.15, -0.1) is 0 Å². The van der Waals surface area contributed by atoms with Crippen molar-refractivity contribution >= 4 is 49.0 Å². The zero-order valence-electron chi connectivity index (χ0n) is 13.6. The minimum atomic E-state index is -4.67. The van der Waals surface area contributed by atoms with Crippen LogP contribution in [0.25, 0.3) is 11.0 Å². The number of benzene rings is 1. The van der Waals surface area contributed by atoms with Gasteiger partial charge in [-0.1, -0.05) is 0 Å². The van der Waals surface area contributed by atoms with Gasteiger partial charge in [-0.25, -0.2) is 0 Å². The van der Waals surface area contributed by atoms with Crippen molar-refractivity contribution in [1.82, 2.24) is 15.3 Å². The molecule has 14 nitrogen and oxygen atoms in total. The first-order valence-electron chi connectivity index (χ1n) is 5.99. The van der Waals surface area contributed by atoms with E-state index >= 15 is 0 Å². The second kappa shape index (κ2) is 14.1. The van der Waals surface area contributed by atoms with E-state index in [1.54, 1.807) is 12.4 Å². The Hall–Kier alpha value is -2.02. The first kappa shape index (κ1) is 32.6. The zero-order chi connectivity index (χ0) is 16.2. The van der Waals surface area contributed by atoms with Crippen molar-refractivity contribution in [2.75, 3.05) is 18.4 Å². The highest BCUT2D eigenvalue weighted by Gasteiger charge is 2.10. The summed E-state index contributed by atoms with van der Waals surface area (Å²) in [6, 6.07) is 3.90. The van der Waals surface area contributed by atoms with Crippen LogP contribution in [0, 0.1) is 0 Å². The Morgan fingerprint density at radius 3 is 2.11 bits per heavy atom. The van der Waals surface area contributed by atoms with Gasteiger partial charge in [0, 0.05) is 18.9 Å². The summed E-state index contributed by atoms with van der Waals surface area (Å²) in [5, 5.41) is 6.39. The maximum absolute atomic E-state index is 8.74. The minimum absolute atomic E-state index is 0. The monoisotopic (exact) mass is 479 g/mol. The summed E-state index contributed by atoms with van der Waals surface area (Å²) in [7, 11) is -4.67. The molecule has 0 aliphatic carbocycles. The number of aromatic nitrogens is 2. The summed E-state index contributed by atoms with van der Waals surface area (Å²) in [6.07, 6.45) is 3.37. The molecule has 0 fully saturated rings. The fourth-order valence-corrected chi connectivity index (χ4v) is 2.25. The lowest BCUT2D eigenvalue weighted by atomic mass is 10.2. The van der Waals surface area contributed by atoms with Crippen LogP contribution in [0.5, 0.6) is 0 Å². The van der Waals surface area contributed by atoms with Crippen LogP contribution in [0.2, 0.25) is 0 Å². The summed E-state index contributed by atoms with van der Waals surface area (Å²) in [5.74, 6) is 0.800. The zero-order valence-corrected chi connectivity index (χ0v) is 16.0. The lowest BCUT2D eigenvalue weighted by Crippen LogP contribution is -2.26. The third-order valence-electron chi connectivity index (χ3n) is 2.51. The van der Waals surface area contributed by atoms with Gasteiger partial charge in [0.25, 0.3) is 0 Å². The number of guanidine groups is 1. The van der Waals surface area contributed by atoms with Crippen molar-refractivity contribution in [2.45, 2.75) is 0 Å². The van der Waals surface area contributed by atoms with Crippen LogP contribution in [0.15, 0.2) is 34.0 Å². The Kier molecular flexibility index (Phi) is 17.0. The molecule has 14 N–H and O–H groups in total. The van der Waals surface area contributed by atoms with Crippen molar-refractivity contribution < 1.29 is 44.9 Å². The molecule has 0 bridgehead atoms. The Balaban J connectivity index is -0.000000239. The normalized spacial score (nSPS) is 11.3. The third kappa shape index (κ3) is 10.7. The largest absolute Gasteiger partial charge is 0.412 e. The highest BCUT2D eigenvalue weighted by Crippen LogP contribution is 2.28. The molecule has 3 rings (SSSR count). The van der Waals surface area contributed by atoms with Crippen molar-refractivity contribution in [3.63, 3.8) is 0 Å². The molecule has 2 heterocycles. The van der Waals surface area contributed by atoms with Crippen LogP contribution in [0.1, 0.15) is 0 Å². The molecule has 0 saturated heterocycles. The van der Waals surface area contributed by atoms with E-state index in [0.29, 0.717) is 0 Å². The average Bonchev–Trinajstić information content (AvgIpc) is 2.93. The van der Waals surface area contributed by atoms with E-state index in [-0.39, 0.29) is 27.4 Å². The van der Waals surface area contributed by atoms with Crippen LogP contribution in [-0.4, -0.2) is 73.9 Å². The number of hydrogen-bond acceptors (Lipinski definition) is 7. The van der Waals surface area contributed by atoms with Crippen molar-refractivity contribution in [1.29, 1.82) is 0 Å². The lowest BCUT2D eigenvalue weighted by Gasteiger charge is -2.09. The summed E-state index contributed by atoms with van der Waals surface area (Å²) in [4.78, 5) is 12.8. The first-order valence-corrected chi connectivity index (χ1v) is 8.18. The lowest BCUT2D eigenvalue weighted by molar-refractivity contribution is 0.381. The van der Waals surface area contributed by atoms with Gasteiger partial charge in [0.1, 0.15) is 5.52 Å². The molecular formula is C11H22BrN5O9S. The SMILES string of the molecule is Brc1c(NC2=NCCN2)ccc2nccnc12.O.O.O.O.O.O=S(=O)(O)O. The average molecular weight is 480 g/mol. The Labute approximate surface area is 162 Å². The van der Waals surface area contributed by atoms with Crippen LogP contribution in [0.4, 0.5) is 5.69 Å². The second-order valence-corrected chi connectivity index (χ2v) is 5.77. The van der Waals surface area contributed by atoms with E-state index in [1.807, 2.05) is 12.1 Å². The van der Waals surface area contributed by atoms with Gasteiger partial charge >= 0.3 is 10.4 Å². The van der Waals surface area contributed by atoms with E-state index in [0.717, 1.165) is 40.2 Å². The summed E-state index contributed by atoms with van der Waals surface area (Å²) in [6.45, 7) is 1.70. The number of nitrogens with one attached hydrogen (secondary N) is 2. The molecule has 0 amide bonds. The molecule has 16 heteroatoms. The maximum atomic E-state index is 8.74. The number of nitrogens with zero attached hydrogens (tertiary/aromatic N) is 3. The van der Waals surface area contributed by atoms with Crippen LogP contribution in [0.3, 0.4) is 0 Å². The number of rotatable bonds is 1. The second-order valence-electron chi connectivity index (χ2n) is 4.08. The van der Waals surface area contributed by atoms with E-state index in [9.17, 15) is 0 Å². The molecular weight excluding hydrogens is 458 g/mol. The van der Waals surface area contributed by atoms with Crippen molar-refractivity contribution in [3.05, 3.63) is 29.0 Å². The molecule has 0 saturated carbocycles. The van der Waals surface area contributed by atoms with Gasteiger partial charge in [0.2, 0.25) is 0 Å². The molecule has 1 aliphatic heterocycles. The van der Waals surface area contributed by atoms with E-state index in [4.69, 9.17) is 17.5 Å². The van der Waals surface area contributed by atoms with E-state index in [1.165, 1.54) is 0 Å². The number of aliphatic imine (C=N–C) groups is 1. The Bertz CT molecular complexity index is 813. The van der Waals surface area contributed by atoms with Gasteiger partial charge < -0.3 is 38.0 Å². The highest BCUT2D eigenvalue weighted by molar-refractivity contribution is 9.10. The number of anilines is 1. The third-order valence-corrected chi connectivity index (χ3v) is 3.31. The van der Waals surface area contributed by atoms with Gasteiger partial charge in [-0.2, -0.15) is 8.42 Å². The Morgan fingerprint density at radius 2 is 1.59 bits per heavy atom. The molecule has 2 aromatic rings. The number of fused-ring (bicyclic) bond motifs is 1. The molecule has 158 valence electrons. The molecule has 27 heavy (non-hydrogen) atoms. The number of hydrogen-bond donors (Lipinski definition) is 4. The molecule has 1 aromatic carbocycles. The van der Waals surface area contributed by atoms with Crippen LogP contribution in [-0.2, 0) is 10.4 Å². The van der Waals surface area contributed by atoms with Crippen molar-refractivity contribution in [3.8, 4) is 0 Å². The van der Waals surface area contributed by atoms with Gasteiger partial charge in [-0.05, 0) is 28.1 Å². The molecule has 0 spiro atoms.